The fraction of sp³-hybridized carbons (Fsp3) is 0.333. The first-order chi connectivity index (χ1) is 13.7. The van der Waals surface area contributed by atoms with Crippen molar-refractivity contribution in [3.8, 4) is 0 Å². The summed E-state index contributed by atoms with van der Waals surface area (Å²) in [4.78, 5) is 29.1. The van der Waals surface area contributed by atoms with Crippen LogP contribution in [0.4, 0.5) is 16.2 Å². The lowest BCUT2D eigenvalue weighted by Crippen LogP contribution is -2.54. The molecule has 29 heavy (non-hydrogen) atoms. The number of hydrogen-bond donors (Lipinski definition) is 0. The Balaban J connectivity index is 2.19. The van der Waals surface area contributed by atoms with Crippen LogP contribution >= 0.6 is 0 Å². The van der Waals surface area contributed by atoms with E-state index >= 15 is 0 Å². The van der Waals surface area contributed by atoms with Crippen molar-refractivity contribution in [3.05, 3.63) is 53.6 Å². The Labute approximate surface area is 171 Å². The average Bonchev–Trinajstić information content (AvgIpc) is 2.68. The molecule has 7 nitrogen and oxygen atoms in total. The van der Waals surface area contributed by atoms with Crippen LogP contribution in [-0.4, -0.2) is 44.9 Å². The number of nitrogens with zero attached hydrogens (tertiary/aromatic N) is 3. The van der Waals surface area contributed by atoms with E-state index in [1.807, 2.05) is 19.9 Å². The van der Waals surface area contributed by atoms with E-state index in [9.17, 15) is 18.0 Å². The van der Waals surface area contributed by atoms with Gasteiger partial charge in [-0.25, -0.2) is 13.2 Å². The zero-order valence-corrected chi connectivity index (χ0v) is 17.9. The minimum Gasteiger partial charge on any atom is -0.342 e. The number of rotatable bonds is 5. The van der Waals surface area contributed by atoms with Crippen LogP contribution < -0.4 is 9.21 Å². The number of urea groups is 1. The maximum Gasteiger partial charge on any atom is 0.343 e. The van der Waals surface area contributed by atoms with Gasteiger partial charge >= 0.3 is 6.03 Å². The minimum atomic E-state index is -4.11. The van der Waals surface area contributed by atoms with Crippen LogP contribution in [0.15, 0.2) is 47.4 Å². The molecule has 2 aromatic carbocycles. The molecule has 1 heterocycles. The summed E-state index contributed by atoms with van der Waals surface area (Å²) in [5.41, 5.74) is 1.88. The highest BCUT2D eigenvalue weighted by atomic mass is 32.2. The van der Waals surface area contributed by atoms with Gasteiger partial charge in [0.2, 0.25) is 5.91 Å². The summed E-state index contributed by atoms with van der Waals surface area (Å²) in [5, 5.41) is 0. The third-order valence-corrected chi connectivity index (χ3v) is 6.85. The van der Waals surface area contributed by atoms with Crippen molar-refractivity contribution in [3.63, 3.8) is 0 Å². The molecule has 0 aromatic heterocycles. The maximum atomic E-state index is 13.4. The fourth-order valence-corrected chi connectivity index (χ4v) is 5.34. The number of sulfonamides is 1. The van der Waals surface area contributed by atoms with Gasteiger partial charge in [-0.2, -0.15) is 4.31 Å². The van der Waals surface area contributed by atoms with Gasteiger partial charge in [-0.15, -0.1) is 0 Å². The Morgan fingerprint density at radius 2 is 1.55 bits per heavy atom. The molecule has 0 saturated carbocycles. The smallest absolute Gasteiger partial charge is 0.342 e. The molecule has 3 rings (SSSR count). The number of anilines is 2. The van der Waals surface area contributed by atoms with Crippen LogP contribution in [0.25, 0.3) is 0 Å². The third kappa shape index (κ3) is 3.48. The second-order valence-corrected chi connectivity index (χ2v) is 8.67. The minimum absolute atomic E-state index is 0.00889. The summed E-state index contributed by atoms with van der Waals surface area (Å²) in [6.45, 7) is 8.04. The molecule has 0 bridgehead atoms. The van der Waals surface area contributed by atoms with Gasteiger partial charge in [0, 0.05) is 13.1 Å². The van der Waals surface area contributed by atoms with Crippen molar-refractivity contribution in [1.29, 1.82) is 0 Å². The normalized spacial score (nSPS) is 15.2. The second kappa shape index (κ2) is 7.87. The Morgan fingerprint density at radius 3 is 2.14 bits per heavy atom. The first-order valence-corrected chi connectivity index (χ1v) is 11.0. The van der Waals surface area contributed by atoms with E-state index in [0.29, 0.717) is 29.9 Å². The first kappa shape index (κ1) is 20.9. The van der Waals surface area contributed by atoms with E-state index in [2.05, 4.69) is 0 Å². The van der Waals surface area contributed by atoms with Crippen molar-refractivity contribution in [1.82, 2.24) is 4.90 Å². The molecule has 8 heteroatoms. The van der Waals surface area contributed by atoms with Gasteiger partial charge in [-0.05, 0) is 51.0 Å². The van der Waals surface area contributed by atoms with E-state index in [1.165, 1.54) is 11.0 Å². The molecule has 154 valence electrons. The van der Waals surface area contributed by atoms with E-state index < -0.39 is 16.1 Å². The molecule has 0 spiro atoms. The van der Waals surface area contributed by atoms with E-state index in [4.69, 9.17) is 0 Å². The molecule has 1 aliphatic rings. The third-order valence-electron chi connectivity index (χ3n) is 5.13. The van der Waals surface area contributed by atoms with Gasteiger partial charge in [0.15, 0.2) is 0 Å². The van der Waals surface area contributed by atoms with Crippen LogP contribution in [0, 0.1) is 13.8 Å². The van der Waals surface area contributed by atoms with Gasteiger partial charge in [0.1, 0.15) is 11.4 Å². The number of carbonyl (C=O) groups excluding carboxylic acids is 2. The molecule has 0 radical (unpaired) electrons. The van der Waals surface area contributed by atoms with E-state index in [-0.39, 0.29) is 23.0 Å². The largest absolute Gasteiger partial charge is 0.343 e. The number of carbonyl (C=O) groups is 2. The van der Waals surface area contributed by atoms with E-state index in [1.54, 1.807) is 49.1 Å². The van der Waals surface area contributed by atoms with Gasteiger partial charge in [0.25, 0.3) is 10.0 Å². The van der Waals surface area contributed by atoms with Crippen molar-refractivity contribution in [2.45, 2.75) is 32.6 Å². The predicted molar refractivity (Wildman–Crippen MR) is 113 cm³/mol. The maximum absolute atomic E-state index is 13.4. The zero-order chi connectivity index (χ0) is 21.3. The lowest BCUT2D eigenvalue weighted by molar-refractivity contribution is -0.129. The van der Waals surface area contributed by atoms with Gasteiger partial charge < -0.3 is 4.90 Å². The number of para-hydroxylation sites is 2. The molecule has 0 aliphatic carbocycles. The van der Waals surface area contributed by atoms with E-state index in [0.717, 1.165) is 4.31 Å². The van der Waals surface area contributed by atoms with Gasteiger partial charge in [-0.3, -0.25) is 9.69 Å². The van der Waals surface area contributed by atoms with Gasteiger partial charge in [0.05, 0.1) is 11.4 Å². The molecule has 0 unspecified atom stereocenters. The highest BCUT2D eigenvalue weighted by molar-refractivity contribution is 7.94. The molecule has 3 amide bonds. The number of hydrogen-bond acceptors (Lipinski definition) is 4. The standard InChI is InChI=1S/C21H25N3O4S/c1-5-22(6-2)19(25)14-23-17-12-7-8-13-18(17)29(27,28)24(21(23)26)20-15(3)10-9-11-16(20)4/h7-13H,5-6,14H2,1-4H3. The summed E-state index contributed by atoms with van der Waals surface area (Å²) in [7, 11) is -4.11. The lowest BCUT2D eigenvalue weighted by atomic mass is 10.1. The fourth-order valence-electron chi connectivity index (χ4n) is 3.62. The van der Waals surface area contributed by atoms with Crippen molar-refractivity contribution < 1.29 is 18.0 Å². The number of fused-ring (bicyclic) bond motifs is 1. The number of aryl methyl sites for hydroxylation is 2. The second-order valence-electron chi connectivity index (χ2n) is 6.91. The topological polar surface area (TPSA) is 78.0 Å². The van der Waals surface area contributed by atoms with Crippen LogP contribution in [0.1, 0.15) is 25.0 Å². The first-order valence-electron chi connectivity index (χ1n) is 9.53. The number of amides is 3. The molecule has 0 saturated heterocycles. The summed E-state index contributed by atoms with van der Waals surface area (Å²) >= 11 is 0. The lowest BCUT2D eigenvalue weighted by Gasteiger charge is -2.37. The van der Waals surface area contributed by atoms with Crippen LogP contribution in [0.3, 0.4) is 0 Å². The zero-order valence-electron chi connectivity index (χ0n) is 17.0. The summed E-state index contributed by atoms with van der Waals surface area (Å²) < 4.78 is 27.6. The highest BCUT2D eigenvalue weighted by Gasteiger charge is 2.44. The molecular formula is C21H25N3O4S. The van der Waals surface area contributed by atoms with Crippen molar-refractivity contribution >= 4 is 33.3 Å². The monoisotopic (exact) mass is 415 g/mol. The SMILES string of the molecule is CCN(CC)C(=O)CN1C(=O)N(c2c(C)cccc2C)S(=O)(=O)c2ccccc21. The Morgan fingerprint density at radius 1 is 0.966 bits per heavy atom. The quantitative estimate of drug-likeness (QED) is 0.751. The number of benzene rings is 2. The van der Waals surface area contributed by atoms with Crippen molar-refractivity contribution in [2.75, 3.05) is 28.8 Å². The average molecular weight is 416 g/mol. The summed E-state index contributed by atoms with van der Waals surface area (Å²) in [5.74, 6) is -0.237. The number of likely N-dealkylation sites (N-methyl/N-ethyl adjacent to an activating group) is 1. The Bertz CT molecular complexity index is 1040. The molecule has 0 atom stereocenters. The molecular weight excluding hydrogens is 390 g/mol. The molecule has 0 fully saturated rings. The molecule has 2 aromatic rings. The van der Waals surface area contributed by atoms with Gasteiger partial charge in [-0.1, -0.05) is 30.3 Å². The van der Waals surface area contributed by atoms with Crippen molar-refractivity contribution in [2.24, 2.45) is 0 Å². The molecule has 1 aliphatic heterocycles. The predicted octanol–water partition coefficient (Wildman–Crippen LogP) is 3.31. The van der Waals surface area contributed by atoms with Crippen LogP contribution in [0.5, 0.6) is 0 Å². The Hall–Kier alpha value is -2.87. The van der Waals surface area contributed by atoms with Crippen LogP contribution in [0.2, 0.25) is 0 Å². The Kier molecular flexibility index (Phi) is 5.66. The summed E-state index contributed by atoms with van der Waals surface area (Å²) in [6.07, 6.45) is 0. The van der Waals surface area contributed by atoms with Crippen LogP contribution in [-0.2, 0) is 14.8 Å². The summed E-state index contributed by atoms with van der Waals surface area (Å²) in [6, 6.07) is 10.9. The highest BCUT2D eigenvalue weighted by Crippen LogP contribution is 2.39. The molecule has 0 N–H and O–H groups in total.